The molecule has 0 radical (unpaired) electrons. The summed E-state index contributed by atoms with van der Waals surface area (Å²) in [7, 11) is -3.58. The maximum absolute atomic E-state index is 13.6. The van der Waals surface area contributed by atoms with Crippen LogP contribution in [0.3, 0.4) is 0 Å². The molecule has 0 N–H and O–H groups in total. The molecule has 3 aromatic rings. The second kappa shape index (κ2) is 8.29. The maximum Gasteiger partial charge on any atom is 0.243 e. The normalized spacial score (nSPS) is 16.2. The standard InChI is InChI=1S/C20H22F2N4O3S/c1-2-29-15-3-5-16(6-4-15)30(27,28)26-9-7-24(8-10-26)14-25-13-23-19-11-17(21)18(22)12-20(19)25/h3-6,11-13H,2,7-10,14H2,1H3. The van der Waals surface area contributed by atoms with E-state index in [1.807, 2.05) is 11.8 Å². The number of fused-ring (bicyclic) bond motifs is 1. The fraction of sp³-hybridized carbons (Fsp3) is 0.350. The van der Waals surface area contributed by atoms with Crippen LogP contribution in [-0.4, -0.2) is 60.0 Å². The van der Waals surface area contributed by atoms with Gasteiger partial charge in [0, 0.05) is 38.3 Å². The van der Waals surface area contributed by atoms with Gasteiger partial charge in [-0.25, -0.2) is 22.2 Å². The average Bonchev–Trinajstić information content (AvgIpc) is 3.11. The highest BCUT2D eigenvalue weighted by Gasteiger charge is 2.28. The molecule has 10 heteroatoms. The first-order valence-electron chi connectivity index (χ1n) is 9.63. The monoisotopic (exact) mass is 436 g/mol. The van der Waals surface area contributed by atoms with Crippen LogP contribution in [0.1, 0.15) is 6.92 Å². The van der Waals surface area contributed by atoms with Gasteiger partial charge in [-0.2, -0.15) is 4.31 Å². The molecule has 1 aliphatic rings. The van der Waals surface area contributed by atoms with Gasteiger partial charge in [0.05, 0.1) is 35.5 Å². The van der Waals surface area contributed by atoms with Gasteiger partial charge in [-0.3, -0.25) is 4.90 Å². The first kappa shape index (κ1) is 20.7. The predicted molar refractivity (Wildman–Crippen MR) is 108 cm³/mol. The first-order valence-corrected chi connectivity index (χ1v) is 11.1. The first-order chi connectivity index (χ1) is 14.4. The van der Waals surface area contributed by atoms with Gasteiger partial charge in [-0.05, 0) is 31.2 Å². The number of imidazole rings is 1. The van der Waals surface area contributed by atoms with E-state index >= 15 is 0 Å². The van der Waals surface area contributed by atoms with Crippen molar-refractivity contribution >= 4 is 21.1 Å². The van der Waals surface area contributed by atoms with E-state index in [0.717, 1.165) is 12.1 Å². The van der Waals surface area contributed by atoms with Crippen LogP contribution in [0.5, 0.6) is 5.75 Å². The zero-order valence-corrected chi connectivity index (χ0v) is 17.3. The Morgan fingerprint density at radius 1 is 1.03 bits per heavy atom. The molecule has 0 aliphatic carbocycles. The van der Waals surface area contributed by atoms with Crippen molar-refractivity contribution in [2.24, 2.45) is 0 Å². The van der Waals surface area contributed by atoms with Gasteiger partial charge in [0.1, 0.15) is 5.75 Å². The lowest BCUT2D eigenvalue weighted by Crippen LogP contribution is -2.48. The molecular weight excluding hydrogens is 414 g/mol. The highest BCUT2D eigenvalue weighted by Crippen LogP contribution is 2.22. The van der Waals surface area contributed by atoms with Gasteiger partial charge >= 0.3 is 0 Å². The van der Waals surface area contributed by atoms with Crippen molar-refractivity contribution in [3.05, 3.63) is 54.4 Å². The van der Waals surface area contributed by atoms with E-state index in [1.54, 1.807) is 28.8 Å². The Morgan fingerprint density at radius 3 is 2.37 bits per heavy atom. The van der Waals surface area contributed by atoms with Crippen molar-refractivity contribution in [1.29, 1.82) is 0 Å². The number of ether oxygens (including phenoxy) is 1. The molecule has 1 aromatic heterocycles. The Kier molecular flexibility index (Phi) is 5.72. The fourth-order valence-electron chi connectivity index (χ4n) is 3.52. The molecule has 0 amide bonds. The minimum absolute atomic E-state index is 0.234. The van der Waals surface area contributed by atoms with E-state index in [-0.39, 0.29) is 4.90 Å². The van der Waals surface area contributed by atoms with Gasteiger partial charge in [-0.15, -0.1) is 0 Å². The molecule has 0 spiro atoms. The minimum atomic E-state index is -3.58. The van der Waals surface area contributed by atoms with Crippen LogP contribution in [0, 0.1) is 11.6 Å². The lowest BCUT2D eigenvalue weighted by Gasteiger charge is -2.34. The van der Waals surface area contributed by atoms with Crippen LogP contribution in [0.2, 0.25) is 0 Å². The van der Waals surface area contributed by atoms with Crippen LogP contribution in [-0.2, 0) is 16.7 Å². The van der Waals surface area contributed by atoms with Crippen LogP contribution in [0.25, 0.3) is 11.0 Å². The molecule has 1 fully saturated rings. The average molecular weight is 436 g/mol. The smallest absolute Gasteiger partial charge is 0.243 e. The number of piperazine rings is 1. The second-order valence-electron chi connectivity index (χ2n) is 7.04. The summed E-state index contributed by atoms with van der Waals surface area (Å²) < 4.78 is 61.3. The van der Waals surface area contributed by atoms with E-state index in [4.69, 9.17) is 4.74 Å². The third kappa shape index (κ3) is 4.03. The molecule has 2 aromatic carbocycles. The van der Waals surface area contributed by atoms with Crippen LogP contribution < -0.4 is 4.74 Å². The molecule has 1 aliphatic heterocycles. The topological polar surface area (TPSA) is 67.7 Å². The minimum Gasteiger partial charge on any atom is -0.494 e. The Hall–Kier alpha value is -2.56. The number of halogens is 2. The highest BCUT2D eigenvalue weighted by molar-refractivity contribution is 7.89. The SMILES string of the molecule is CCOc1ccc(S(=O)(=O)N2CCN(Cn3cnc4cc(F)c(F)cc43)CC2)cc1. The molecule has 30 heavy (non-hydrogen) atoms. The fourth-order valence-corrected chi connectivity index (χ4v) is 4.94. The number of sulfonamides is 1. The summed E-state index contributed by atoms with van der Waals surface area (Å²) in [5.74, 6) is -1.22. The van der Waals surface area contributed by atoms with Crippen molar-refractivity contribution in [2.75, 3.05) is 32.8 Å². The zero-order valence-electron chi connectivity index (χ0n) is 16.5. The van der Waals surface area contributed by atoms with E-state index in [9.17, 15) is 17.2 Å². The third-order valence-electron chi connectivity index (χ3n) is 5.12. The molecule has 0 bridgehead atoms. The van der Waals surface area contributed by atoms with Crippen molar-refractivity contribution in [1.82, 2.24) is 18.8 Å². The summed E-state index contributed by atoms with van der Waals surface area (Å²) in [6.07, 6.45) is 1.53. The van der Waals surface area contributed by atoms with Crippen molar-refractivity contribution in [3.8, 4) is 5.75 Å². The van der Waals surface area contributed by atoms with Gasteiger partial charge in [0.2, 0.25) is 10.0 Å². The molecule has 160 valence electrons. The summed E-state index contributed by atoms with van der Waals surface area (Å²) in [5.41, 5.74) is 0.879. The number of aromatic nitrogens is 2. The summed E-state index contributed by atoms with van der Waals surface area (Å²) >= 11 is 0. The summed E-state index contributed by atoms with van der Waals surface area (Å²) in [6.45, 7) is 4.50. The lowest BCUT2D eigenvalue weighted by molar-refractivity contribution is 0.154. The number of hydrogen-bond acceptors (Lipinski definition) is 5. The predicted octanol–water partition coefficient (Wildman–Crippen LogP) is 2.68. The Morgan fingerprint density at radius 2 is 1.70 bits per heavy atom. The van der Waals surface area contributed by atoms with E-state index in [0.29, 0.717) is 56.2 Å². The van der Waals surface area contributed by atoms with Crippen molar-refractivity contribution in [3.63, 3.8) is 0 Å². The van der Waals surface area contributed by atoms with Crippen LogP contribution in [0.15, 0.2) is 47.6 Å². The van der Waals surface area contributed by atoms with E-state index in [1.165, 1.54) is 10.6 Å². The molecule has 0 atom stereocenters. The van der Waals surface area contributed by atoms with Gasteiger partial charge < -0.3 is 9.30 Å². The lowest BCUT2D eigenvalue weighted by atomic mass is 10.3. The summed E-state index contributed by atoms with van der Waals surface area (Å²) in [5, 5.41) is 0. The quantitative estimate of drug-likeness (QED) is 0.594. The summed E-state index contributed by atoms with van der Waals surface area (Å²) in [6, 6.07) is 8.61. The Labute approximate surface area is 173 Å². The number of hydrogen-bond donors (Lipinski definition) is 0. The molecule has 2 heterocycles. The molecule has 1 saturated heterocycles. The highest BCUT2D eigenvalue weighted by atomic mass is 32.2. The number of rotatable bonds is 6. The van der Waals surface area contributed by atoms with E-state index in [2.05, 4.69) is 4.98 Å². The molecule has 7 nitrogen and oxygen atoms in total. The zero-order chi connectivity index (χ0) is 21.3. The van der Waals surface area contributed by atoms with Gasteiger partial charge in [0.15, 0.2) is 11.6 Å². The van der Waals surface area contributed by atoms with Gasteiger partial charge in [-0.1, -0.05) is 0 Å². The molecule has 0 unspecified atom stereocenters. The van der Waals surface area contributed by atoms with Crippen LogP contribution in [0.4, 0.5) is 8.78 Å². The number of benzene rings is 2. The van der Waals surface area contributed by atoms with Crippen LogP contribution >= 0.6 is 0 Å². The number of nitrogens with zero attached hydrogens (tertiary/aromatic N) is 4. The van der Waals surface area contributed by atoms with E-state index < -0.39 is 21.7 Å². The molecule has 0 saturated carbocycles. The summed E-state index contributed by atoms with van der Waals surface area (Å²) in [4.78, 5) is 6.40. The molecular formula is C20H22F2N4O3S. The van der Waals surface area contributed by atoms with Crippen molar-refractivity contribution < 1.29 is 21.9 Å². The molecule has 4 rings (SSSR count). The largest absolute Gasteiger partial charge is 0.494 e. The van der Waals surface area contributed by atoms with Gasteiger partial charge in [0.25, 0.3) is 0 Å². The Bertz CT molecular complexity index is 1140. The van der Waals surface area contributed by atoms with Crippen molar-refractivity contribution in [2.45, 2.75) is 18.5 Å². The maximum atomic E-state index is 13.6. The Balaban J connectivity index is 1.42. The third-order valence-corrected chi connectivity index (χ3v) is 7.03. The second-order valence-corrected chi connectivity index (χ2v) is 8.98.